The van der Waals surface area contributed by atoms with Crippen LogP contribution in [-0.4, -0.2) is 23.0 Å². The number of esters is 1. The standard InChI is InChI=1S/C20H21N5O2/c1-12-8-9-13(2)16(10-12)25-19-17(21)18(22-11-23-19)24-15-7-5-4-6-14(15)20(26)27-3/h4-11H,21H2,1-3H3,(H2,22,23,24,25). The first-order valence-electron chi connectivity index (χ1n) is 8.38. The number of aryl methyl sites for hydroxylation is 2. The lowest BCUT2D eigenvalue weighted by Crippen LogP contribution is -2.09. The van der Waals surface area contributed by atoms with Gasteiger partial charge >= 0.3 is 5.97 Å². The van der Waals surface area contributed by atoms with Gasteiger partial charge in [-0.3, -0.25) is 0 Å². The molecule has 0 unspecified atom stereocenters. The van der Waals surface area contributed by atoms with E-state index in [1.165, 1.54) is 13.4 Å². The van der Waals surface area contributed by atoms with Crippen LogP contribution in [0.1, 0.15) is 21.5 Å². The van der Waals surface area contributed by atoms with Crippen molar-refractivity contribution in [3.05, 3.63) is 65.5 Å². The Morgan fingerprint density at radius 3 is 2.37 bits per heavy atom. The molecular formula is C20H21N5O2. The molecule has 138 valence electrons. The summed E-state index contributed by atoms with van der Waals surface area (Å²) in [7, 11) is 1.34. The average Bonchev–Trinajstić information content (AvgIpc) is 2.67. The molecule has 0 saturated heterocycles. The van der Waals surface area contributed by atoms with Crippen molar-refractivity contribution >= 4 is 34.7 Å². The van der Waals surface area contributed by atoms with Crippen molar-refractivity contribution in [2.24, 2.45) is 0 Å². The Hall–Kier alpha value is -3.61. The first-order chi connectivity index (χ1) is 13.0. The van der Waals surface area contributed by atoms with Crippen LogP contribution in [0.5, 0.6) is 0 Å². The number of ether oxygens (including phenoxy) is 1. The maximum absolute atomic E-state index is 11.9. The van der Waals surface area contributed by atoms with Crippen LogP contribution < -0.4 is 16.4 Å². The number of hydrogen-bond donors (Lipinski definition) is 3. The third kappa shape index (κ3) is 3.98. The zero-order chi connectivity index (χ0) is 19.4. The maximum atomic E-state index is 11.9. The third-order valence-electron chi connectivity index (χ3n) is 4.12. The van der Waals surface area contributed by atoms with Gasteiger partial charge in [0.05, 0.1) is 18.4 Å². The van der Waals surface area contributed by atoms with E-state index < -0.39 is 5.97 Å². The van der Waals surface area contributed by atoms with E-state index in [2.05, 4.69) is 20.6 Å². The van der Waals surface area contributed by atoms with E-state index in [9.17, 15) is 4.79 Å². The molecule has 0 saturated carbocycles. The first-order valence-corrected chi connectivity index (χ1v) is 8.38. The lowest BCUT2D eigenvalue weighted by atomic mass is 10.1. The van der Waals surface area contributed by atoms with Crippen molar-refractivity contribution in [2.75, 3.05) is 23.5 Å². The number of para-hydroxylation sites is 1. The Balaban J connectivity index is 1.92. The van der Waals surface area contributed by atoms with Gasteiger partial charge < -0.3 is 21.1 Å². The van der Waals surface area contributed by atoms with Gasteiger partial charge in [0.1, 0.15) is 12.0 Å². The van der Waals surface area contributed by atoms with Crippen LogP contribution in [-0.2, 0) is 4.74 Å². The Morgan fingerprint density at radius 1 is 1.00 bits per heavy atom. The van der Waals surface area contributed by atoms with Crippen molar-refractivity contribution in [1.82, 2.24) is 9.97 Å². The molecule has 27 heavy (non-hydrogen) atoms. The zero-order valence-electron chi connectivity index (χ0n) is 15.4. The number of carbonyl (C=O) groups excluding carboxylic acids is 1. The molecule has 0 aliphatic carbocycles. The van der Waals surface area contributed by atoms with Gasteiger partial charge in [-0.1, -0.05) is 24.3 Å². The number of benzene rings is 2. The number of nitrogens with one attached hydrogen (secondary N) is 2. The molecule has 0 aliphatic heterocycles. The number of hydrogen-bond acceptors (Lipinski definition) is 7. The van der Waals surface area contributed by atoms with Crippen LogP contribution in [0.3, 0.4) is 0 Å². The molecule has 0 fully saturated rings. The molecule has 7 nitrogen and oxygen atoms in total. The summed E-state index contributed by atoms with van der Waals surface area (Å²) in [5.41, 5.74) is 10.7. The number of rotatable bonds is 5. The molecule has 0 amide bonds. The number of nitrogens with zero attached hydrogens (tertiary/aromatic N) is 2. The van der Waals surface area contributed by atoms with Gasteiger partial charge in [-0.05, 0) is 43.2 Å². The molecule has 0 bridgehead atoms. The second kappa shape index (κ2) is 7.74. The molecular weight excluding hydrogens is 342 g/mol. The van der Waals surface area contributed by atoms with Crippen LogP contribution >= 0.6 is 0 Å². The van der Waals surface area contributed by atoms with Gasteiger partial charge in [0, 0.05) is 5.69 Å². The second-order valence-corrected chi connectivity index (χ2v) is 6.09. The first kappa shape index (κ1) is 18.2. The highest BCUT2D eigenvalue weighted by atomic mass is 16.5. The fourth-order valence-corrected chi connectivity index (χ4v) is 2.60. The summed E-state index contributed by atoms with van der Waals surface area (Å²) in [6, 6.07) is 13.1. The van der Waals surface area contributed by atoms with Gasteiger partial charge in [0.25, 0.3) is 0 Å². The summed E-state index contributed by atoms with van der Waals surface area (Å²) < 4.78 is 4.82. The van der Waals surface area contributed by atoms with Crippen molar-refractivity contribution in [2.45, 2.75) is 13.8 Å². The summed E-state index contributed by atoms with van der Waals surface area (Å²) in [6.45, 7) is 4.02. The average molecular weight is 363 g/mol. The number of carbonyl (C=O) groups is 1. The molecule has 0 radical (unpaired) electrons. The Bertz CT molecular complexity index is 988. The number of aromatic nitrogens is 2. The second-order valence-electron chi connectivity index (χ2n) is 6.09. The molecule has 2 aromatic carbocycles. The molecule has 1 heterocycles. The minimum atomic E-state index is -0.445. The van der Waals surface area contributed by atoms with Gasteiger partial charge in [-0.15, -0.1) is 0 Å². The fraction of sp³-hybridized carbons (Fsp3) is 0.150. The number of nitrogen functional groups attached to an aromatic ring is 1. The van der Waals surface area contributed by atoms with E-state index in [1.807, 2.05) is 32.0 Å². The van der Waals surface area contributed by atoms with E-state index in [0.717, 1.165) is 16.8 Å². The fourth-order valence-electron chi connectivity index (χ4n) is 2.60. The normalized spacial score (nSPS) is 10.3. The van der Waals surface area contributed by atoms with E-state index in [-0.39, 0.29) is 0 Å². The van der Waals surface area contributed by atoms with Crippen LogP contribution in [0, 0.1) is 13.8 Å². The van der Waals surface area contributed by atoms with Crippen molar-refractivity contribution < 1.29 is 9.53 Å². The van der Waals surface area contributed by atoms with Gasteiger partial charge in [-0.25, -0.2) is 14.8 Å². The molecule has 4 N–H and O–H groups in total. The van der Waals surface area contributed by atoms with Gasteiger partial charge in [0.15, 0.2) is 11.6 Å². The Morgan fingerprint density at radius 2 is 1.67 bits per heavy atom. The summed E-state index contributed by atoms with van der Waals surface area (Å²) in [5.74, 6) is 0.436. The third-order valence-corrected chi connectivity index (χ3v) is 4.12. The summed E-state index contributed by atoms with van der Waals surface area (Å²) >= 11 is 0. The lowest BCUT2D eigenvalue weighted by Gasteiger charge is -2.15. The molecule has 3 aromatic rings. The highest BCUT2D eigenvalue weighted by molar-refractivity contribution is 5.97. The molecule has 0 atom stereocenters. The molecule has 7 heteroatoms. The van der Waals surface area contributed by atoms with Crippen LogP contribution in [0.15, 0.2) is 48.8 Å². The number of anilines is 5. The Kier molecular flexibility index (Phi) is 5.21. The molecule has 0 aliphatic rings. The molecule has 3 rings (SSSR count). The molecule has 0 spiro atoms. The van der Waals surface area contributed by atoms with Gasteiger partial charge in [-0.2, -0.15) is 0 Å². The highest BCUT2D eigenvalue weighted by Gasteiger charge is 2.14. The van der Waals surface area contributed by atoms with Crippen LogP contribution in [0.4, 0.5) is 28.7 Å². The molecule has 1 aromatic heterocycles. The van der Waals surface area contributed by atoms with E-state index in [0.29, 0.717) is 28.6 Å². The van der Waals surface area contributed by atoms with Crippen molar-refractivity contribution in [1.29, 1.82) is 0 Å². The van der Waals surface area contributed by atoms with Gasteiger partial charge in [0.2, 0.25) is 0 Å². The van der Waals surface area contributed by atoms with E-state index in [1.54, 1.807) is 24.3 Å². The topological polar surface area (TPSA) is 102 Å². The zero-order valence-corrected chi connectivity index (χ0v) is 15.4. The lowest BCUT2D eigenvalue weighted by molar-refractivity contribution is 0.0602. The number of methoxy groups -OCH3 is 1. The predicted molar refractivity (Wildman–Crippen MR) is 107 cm³/mol. The SMILES string of the molecule is COC(=O)c1ccccc1Nc1ncnc(Nc2cc(C)ccc2C)c1N. The van der Waals surface area contributed by atoms with E-state index >= 15 is 0 Å². The highest BCUT2D eigenvalue weighted by Crippen LogP contribution is 2.30. The largest absolute Gasteiger partial charge is 0.465 e. The summed E-state index contributed by atoms with van der Waals surface area (Å²) in [4.78, 5) is 20.4. The van der Waals surface area contributed by atoms with Crippen LogP contribution in [0.2, 0.25) is 0 Å². The summed E-state index contributed by atoms with van der Waals surface area (Å²) in [6.07, 6.45) is 1.41. The summed E-state index contributed by atoms with van der Waals surface area (Å²) in [5, 5.41) is 6.34. The van der Waals surface area contributed by atoms with Crippen molar-refractivity contribution in [3.8, 4) is 0 Å². The quantitative estimate of drug-likeness (QED) is 0.590. The maximum Gasteiger partial charge on any atom is 0.339 e. The van der Waals surface area contributed by atoms with E-state index in [4.69, 9.17) is 10.5 Å². The predicted octanol–water partition coefficient (Wildman–Crippen LogP) is 3.95. The Labute approximate surface area is 157 Å². The minimum Gasteiger partial charge on any atom is -0.465 e. The minimum absolute atomic E-state index is 0.345. The monoisotopic (exact) mass is 363 g/mol. The number of nitrogens with two attached hydrogens (primary N) is 1. The van der Waals surface area contributed by atoms with Crippen LogP contribution in [0.25, 0.3) is 0 Å². The smallest absolute Gasteiger partial charge is 0.339 e. The van der Waals surface area contributed by atoms with Crippen molar-refractivity contribution in [3.63, 3.8) is 0 Å².